The number of nitrogens with one attached hydrogen (secondary N) is 2. The van der Waals surface area contributed by atoms with Crippen LogP contribution in [0, 0.1) is 0 Å². The summed E-state index contributed by atoms with van der Waals surface area (Å²) < 4.78 is 46.3. The average Bonchev–Trinajstić information content (AvgIpc) is 3.39. The van der Waals surface area contributed by atoms with E-state index in [1.807, 2.05) is 5.43 Å². The average molecular weight is 460 g/mol. The Morgan fingerprint density at radius 3 is 2.53 bits per heavy atom. The standard InChI is InChI=1S/C17H13ClF3N5O3S/c1-29-10-4-2-9(3-5-10)11-6-13(17(19,20)21)26(25-11)16-22-12(8-30-16)15(28)24-23-14(27)7-18/h2-6,8H,7H2,1H3,(H,23,27)(H,24,28). The number of carbonyl (C=O) groups is 2. The van der Waals surface area contributed by atoms with Gasteiger partial charge in [-0.05, 0) is 30.3 Å². The van der Waals surface area contributed by atoms with E-state index in [0.29, 0.717) is 16.0 Å². The van der Waals surface area contributed by atoms with Crippen LogP contribution in [-0.4, -0.2) is 39.6 Å². The SMILES string of the molecule is COc1ccc(-c2cc(C(F)(F)F)n(-c3nc(C(=O)NNC(=O)CCl)cs3)n2)cc1. The topological polar surface area (TPSA) is 98.1 Å². The number of nitrogens with zero attached hydrogens (tertiary/aromatic N) is 3. The number of alkyl halides is 4. The van der Waals surface area contributed by atoms with Crippen LogP contribution < -0.4 is 15.6 Å². The highest BCUT2D eigenvalue weighted by Gasteiger charge is 2.37. The van der Waals surface area contributed by atoms with Crippen LogP contribution in [0.3, 0.4) is 0 Å². The first-order valence-corrected chi connectivity index (χ1v) is 9.57. The second-order valence-electron chi connectivity index (χ2n) is 5.70. The van der Waals surface area contributed by atoms with Crippen molar-refractivity contribution in [1.29, 1.82) is 0 Å². The minimum Gasteiger partial charge on any atom is -0.497 e. The molecule has 0 aliphatic rings. The van der Waals surface area contributed by atoms with Crippen molar-refractivity contribution < 1.29 is 27.5 Å². The molecule has 0 saturated carbocycles. The van der Waals surface area contributed by atoms with Gasteiger partial charge >= 0.3 is 6.18 Å². The summed E-state index contributed by atoms with van der Waals surface area (Å²) in [6.45, 7) is 0. The third kappa shape index (κ3) is 4.71. The van der Waals surface area contributed by atoms with Gasteiger partial charge in [-0.25, -0.2) is 9.67 Å². The summed E-state index contributed by atoms with van der Waals surface area (Å²) in [6.07, 6.45) is -4.71. The summed E-state index contributed by atoms with van der Waals surface area (Å²) in [5.74, 6) is -1.30. The lowest BCUT2D eigenvalue weighted by Crippen LogP contribution is -2.42. The number of methoxy groups -OCH3 is 1. The highest BCUT2D eigenvalue weighted by molar-refractivity contribution is 7.12. The molecule has 0 unspecified atom stereocenters. The first-order chi connectivity index (χ1) is 14.2. The van der Waals surface area contributed by atoms with Gasteiger partial charge in [-0.3, -0.25) is 20.4 Å². The van der Waals surface area contributed by atoms with E-state index in [0.717, 1.165) is 17.4 Å². The Balaban J connectivity index is 1.93. The summed E-state index contributed by atoms with van der Waals surface area (Å²) in [4.78, 5) is 27.0. The molecule has 0 spiro atoms. The van der Waals surface area contributed by atoms with Gasteiger partial charge in [-0.15, -0.1) is 22.9 Å². The molecule has 2 N–H and O–H groups in total. The molecular formula is C17H13ClF3N5O3S. The van der Waals surface area contributed by atoms with Crippen LogP contribution in [0.4, 0.5) is 13.2 Å². The minimum absolute atomic E-state index is 0.0700. The second kappa shape index (κ2) is 8.71. The molecule has 13 heteroatoms. The smallest absolute Gasteiger partial charge is 0.433 e. The van der Waals surface area contributed by atoms with E-state index in [1.54, 1.807) is 24.3 Å². The van der Waals surface area contributed by atoms with E-state index in [2.05, 4.69) is 15.5 Å². The Labute approximate surface area is 176 Å². The Hall–Kier alpha value is -3.12. The first kappa shape index (κ1) is 21.6. The number of hydrogen-bond donors (Lipinski definition) is 2. The number of carbonyl (C=O) groups excluding carboxylic acids is 2. The van der Waals surface area contributed by atoms with Crippen molar-refractivity contribution in [3.05, 3.63) is 47.1 Å². The van der Waals surface area contributed by atoms with E-state index >= 15 is 0 Å². The monoisotopic (exact) mass is 459 g/mol. The van der Waals surface area contributed by atoms with E-state index in [-0.39, 0.29) is 22.4 Å². The Morgan fingerprint density at radius 2 is 1.93 bits per heavy atom. The number of amides is 2. The third-order valence-electron chi connectivity index (χ3n) is 3.73. The van der Waals surface area contributed by atoms with Crippen molar-refractivity contribution in [3.63, 3.8) is 0 Å². The largest absolute Gasteiger partial charge is 0.497 e. The predicted octanol–water partition coefficient (Wildman–Crippen LogP) is 3.02. The number of hydrazine groups is 1. The fourth-order valence-electron chi connectivity index (χ4n) is 2.32. The molecular weight excluding hydrogens is 447 g/mol. The predicted molar refractivity (Wildman–Crippen MR) is 103 cm³/mol. The van der Waals surface area contributed by atoms with Crippen molar-refractivity contribution in [2.45, 2.75) is 6.18 Å². The maximum atomic E-state index is 13.6. The van der Waals surface area contributed by atoms with Crippen LogP contribution in [0.1, 0.15) is 16.2 Å². The van der Waals surface area contributed by atoms with Crippen molar-refractivity contribution in [1.82, 2.24) is 25.6 Å². The lowest BCUT2D eigenvalue weighted by atomic mass is 10.1. The van der Waals surface area contributed by atoms with E-state index in [4.69, 9.17) is 16.3 Å². The first-order valence-electron chi connectivity index (χ1n) is 8.15. The molecule has 0 atom stereocenters. The lowest BCUT2D eigenvalue weighted by Gasteiger charge is -2.07. The molecule has 0 bridgehead atoms. The minimum atomic E-state index is -4.71. The van der Waals surface area contributed by atoms with Gasteiger partial charge in [0.2, 0.25) is 5.13 Å². The highest BCUT2D eigenvalue weighted by atomic mass is 35.5. The Bertz CT molecular complexity index is 1070. The van der Waals surface area contributed by atoms with Crippen molar-refractivity contribution in [2.24, 2.45) is 0 Å². The van der Waals surface area contributed by atoms with Crippen LogP contribution in [0.2, 0.25) is 0 Å². The van der Waals surface area contributed by atoms with Gasteiger partial charge in [0.15, 0.2) is 5.69 Å². The number of thiazole rings is 1. The molecule has 2 heterocycles. The molecule has 0 aliphatic heterocycles. The maximum Gasteiger partial charge on any atom is 0.433 e. The summed E-state index contributed by atoms with van der Waals surface area (Å²) in [6, 6.07) is 7.24. The molecule has 0 saturated heterocycles. The number of rotatable bonds is 5. The number of benzene rings is 1. The zero-order chi connectivity index (χ0) is 21.9. The molecule has 0 aliphatic carbocycles. The normalized spacial score (nSPS) is 11.2. The molecule has 0 fully saturated rings. The quantitative estimate of drug-likeness (QED) is 0.451. The van der Waals surface area contributed by atoms with Crippen molar-refractivity contribution in [3.8, 4) is 22.1 Å². The van der Waals surface area contributed by atoms with Gasteiger partial charge < -0.3 is 4.74 Å². The van der Waals surface area contributed by atoms with Gasteiger partial charge in [-0.1, -0.05) is 0 Å². The van der Waals surface area contributed by atoms with Gasteiger partial charge in [0.1, 0.15) is 17.3 Å². The Kier molecular flexibility index (Phi) is 6.27. The summed E-state index contributed by atoms with van der Waals surface area (Å²) >= 11 is 6.08. The van der Waals surface area contributed by atoms with Crippen LogP contribution in [0.15, 0.2) is 35.7 Å². The number of aromatic nitrogens is 3. The maximum absolute atomic E-state index is 13.6. The number of halogens is 4. The third-order valence-corrected chi connectivity index (χ3v) is 4.79. The van der Waals surface area contributed by atoms with Crippen molar-refractivity contribution >= 4 is 34.8 Å². The lowest BCUT2D eigenvalue weighted by molar-refractivity contribution is -0.142. The van der Waals surface area contributed by atoms with E-state index in [9.17, 15) is 22.8 Å². The molecule has 30 heavy (non-hydrogen) atoms. The van der Waals surface area contributed by atoms with Crippen LogP contribution >= 0.6 is 22.9 Å². The summed E-state index contributed by atoms with van der Waals surface area (Å²) in [5.41, 5.74) is 3.36. The van der Waals surface area contributed by atoms with Gasteiger partial charge in [0, 0.05) is 10.9 Å². The highest BCUT2D eigenvalue weighted by Crippen LogP contribution is 2.35. The van der Waals surface area contributed by atoms with Crippen LogP contribution in [0.25, 0.3) is 16.4 Å². The fourth-order valence-corrected chi connectivity index (χ4v) is 3.16. The molecule has 1 aromatic carbocycles. The molecule has 3 rings (SSSR count). The molecule has 3 aromatic rings. The Morgan fingerprint density at radius 1 is 1.23 bits per heavy atom. The van der Waals surface area contributed by atoms with Crippen molar-refractivity contribution in [2.75, 3.05) is 13.0 Å². The molecule has 8 nitrogen and oxygen atoms in total. The summed E-state index contributed by atoms with van der Waals surface area (Å²) in [5, 5.41) is 5.09. The van der Waals surface area contributed by atoms with E-state index in [1.165, 1.54) is 12.5 Å². The zero-order valence-corrected chi connectivity index (χ0v) is 16.7. The van der Waals surface area contributed by atoms with Gasteiger partial charge in [0.25, 0.3) is 11.8 Å². The molecule has 0 radical (unpaired) electrons. The number of ether oxygens (including phenoxy) is 1. The molecule has 2 amide bonds. The second-order valence-corrected chi connectivity index (χ2v) is 6.81. The van der Waals surface area contributed by atoms with E-state index < -0.39 is 23.7 Å². The fraction of sp³-hybridized carbons (Fsp3) is 0.176. The van der Waals surface area contributed by atoms with Gasteiger partial charge in [0.05, 0.1) is 12.8 Å². The zero-order valence-electron chi connectivity index (χ0n) is 15.2. The van der Waals surface area contributed by atoms with Gasteiger partial charge in [-0.2, -0.15) is 18.3 Å². The van der Waals surface area contributed by atoms with Crippen LogP contribution in [-0.2, 0) is 11.0 Å². The number of hydrogen-bond acceptors (Lipinski definition) is 6. The molecule has 158 valence electrons. The van der Waals surface area contributed by atoms with Crippen LogP contribution in [0.5, 0.6) is 5.75 Å². The summed E-state index contributed by atoms with van der Waals surface area (Å²) in [7, 11) is 1.47. The molecule has 2 aromatic heterocycles.